The van der Waals surface area contributed by atoms with Crippen molar-refractivity contribution in [3.05, 3.63) is 46.7 Å². The van der Waals surface area contributed by atoms with E-state index in [1.807, 2.05) is 0 Å². The number of Topliss-reactive ketones (excluding diaryl/α,β-unsaturated/α-hetero) is 1. The lowest BCUT2D eigenvalue weighted by atomic mass is 9.83. The number of hydrogen-bond donors (Lipinski definition) is 0. The van der Waals surface area contributed by atoms with Gasteiger partial charge in [-0.05, 0) is 51.3 Å². The van der Waals surface area contributed by atoms with E-state index in [4.69, 9.17) is 9.15 Å². The van der Waals surface area contributed by atoms with E-state index >= 15 is 0 Å². The molecule has 1 amide bonds. The summed E-state index contributed by atoms with van der Waals surface area (Å²) in [6.07, 6.45) is 4.29. The number of methoxy groups -OCH3 is 1. The van der Waals surface area contributed by atoms with Gasteiger partial charge in [-0.15, -0.1) is 0 Å². The predicted octanol–water partition coefficient (Wildman–Crippen LogP) is 3.42. The summed E-state index contributed by atoms with van der Waals surface area (Å²) >= 11 is 0. The summed E-state index contributed by atoms with van der Waals surface area (Å²) in [5.41, 5.74) is 2.06. The molecule has 0 radical (unpaired) electrons. The maximum Gasteiger partial charge on any atom is 0.354 e. The van der Waals surface area contributed by atoms with Gasteiger partial charge in [-0.1, -0.05) is 6.42 Å². The van der Waals surface area contributed by atoms with Crippen LogP contribution in [0.25, 0.3) is 0 Å². The molecule has 7 nitrogen and oxygen atoms in total. The van der Waals surface area contributed by atoms with Crippen LogP contribution in [0.4, 0.5) is 0 Å². The topological polar surface area (TPSA) is 81.8 Å². The Hall–Kier alpha value is -2.83. The molecule has 3 rings (SSSR count). The van der Waals surface area contributed by atoms with Crippen LogP contribution in [-0.4, -0.2) is 40.3 Å². The van der Waals surface area contributed by atoms with Gasteiger partial charge in [0.05, 0.1) is 26.0 Å². The fourth-order valence-electron chi connectivity index (χ4n) is 3.94. The zero-order valence-corrected chi connectivity index (χ0v) is 17.7. The van der Waals surface area contributed by atoms with Crippen LogP contribution in [0, 0.1) is 19.8 Å². The summed E-state index contributed by atoms with van der Waals surface area (Å²) in [6, 6.07) is 2.88. The van der Waals surface area contributed by atoms with E-state index in [-0.39, 0.29) is 24.2 Å². The second-order valence-corrected chi connectivity index (χ2v) is 7.70. The van der Waals surface area contributed by atoms with E-state index in [2.05, 4.69) is 0 Å². The van der Waals surface area contributed by atoms with Crippen molar-refractivity contribution in [1.29, 1.82) is 0 Å². The van der Waals surface area contributed by atoms with Crippen molar-refractivity contribution in [3.8, 4) is 0 Å². The normalized spacial score (nSPS) is 14.9. The van der Waals surface area contributed by atoms with E-state index in [9.17, 15) is 14.4 Å². The largest absolute Gasteiger partial charge is 0.467 e. The number of ether oxygens (including phenoxy) is 1. The van der Waals surface area contributed by atoms with E-state index in [0.717, 1.165) is 19.3 Å². The van der Waals surface area contributed by atoms with Crippen molar-refractivity contribution < 1.29 is 23.5 Å². The number of amides is 1. The number of carbonyl (C=O) groups excluding carboxylic acids is 3. The fourth-order valence-corrected chi connectivity index (χ4v) is 3.94. The fraction of sp³-hybridized carbons (Fsp3) is 0.500. The zero-order chi connectivity index (χ0) is 21.3. The van der Waals surface area contributed by atoms with Crippen LogP contribution in [0.3, 0.4) is 0 Å². The van der Waals surface area contributed by atoms with Crippen LogP contribution in [0.1, 0.15) is 64.1 Å². The molecule has 156 valence electrons. The number of hydrogen-bond acceptors (Lipinski definition) is 5. The highest BCUT2D eigenvalue weighted by molar-refractivity contribution is 6.06. The summed E-state index contributed by atoms with van der Waals surface area (Å²) in [4.78, 5) is 40.3. The van der Waals surface area contributed by atoms with E-state index in [0.29, 0.717) is 28.3 Å². The second-order valence-electron chi connectivity index (χ2n) is 7.70. The quantitative estimate of drug-likeness (QED) is 0.525. The van der Waals surface area contributed by atoms with Gasteiger partial charge in [-0.25, -0.2) is 4.79 Å². The number of nitrogens with zero attached hydrogens (tertiary/aromatic N) is 2. The molecule has 1 atom stereocenters. The molecule has 0 spiro atoms. The maximum absolute atomic E-state index is 13.5. The first kappa shape index (κ1) is 20.9. The SMILES string of the molecule is COC(=O)c1c(C)c(C(=O)[C@@H](C)N(Cc2ccco2)C(=O)C2CCC2)c(C)n1C. The number of furan rings is 1. The van der Waals surface area contributed by atoms with E-state index in [1.165, 1.54) is 7.11 Å². The van der Waals surface area contributed by atoms with Crippen molar-refractivity contribution >= 4 is 17.7 Å². The Labute approximate surface area is 170 Å². The molecule has 29 heavy (non-hydrogen) atoms. The molecule has 0 unspecified atom stereocenters. The lowest BCUT2D eigenvalue weighted by Crippen LogP contribution is -2.47. The Kier molecular flexibility index (Phi) is 5.96. The van der Waals surface area contributed by atoms with Crippen molar-refractivity contribution in [2.24, 2.45) is 13.0 Å². The van der Waals surface area contributed by atoms with Gasteiger partial charge in [0, 0.05) is 24.2 Å². The standard InChI is InChI=1S/C22H28N2O5/c1-13-18(14(2)23(4)19(13)22(27)28-5)20(25)15(3)24(12-17-10-7-11-29-17)21(26)16-8-6-9-16/h7,10-11,15-16H,6,8-9,12H2,1-5H3/t15-/m1/s1. The summed E-state index contributed by atoms with van der Waals surface area (Å²) in [6.45, 7) is 5.52. The van der Waals surface area contributed by atoms with Gasteiger partial charge in [0.15, 0.2) is 5.78 Å². The molecule has 1 aliphatic rings. The third kappa shape index (κ3) is 3.73. The van der Waals surface area contributed by atoms with Crippen molar-refractivity contribution in [2.75, 3.05) is 7.11 Å². The van der Waals surface area contributed by atoms with Crippen molar-refractivity contribution in [2.45, 2.75) is 52.6 Å². The molecule has 2 heterocycles. The highest BCUT2D eigenvalue weighted by Gasteiger charge is 2.36. The van der Waals surface area contributed by atoms with Crippen LogP contribution in [-0.2, 0) is 23.1 Å². The smallest absolute Gasteiger partial charge is 0.354 e. The number of carbonyl (C=O) groups is 3. The predicted molar refractivity (Wildman–Crippen MR) is 107 cm³/mol. The Morgan fingerprint density at radius 2 is 2.00 bits per heavy atom. The molecule has 0 N–H and O–H groups in total. The summed E-state index contributed by atoms with van der Waals surface area (Å²) in [5.74, 6) is -0.103. The lowest BCUT2D eigenvalue weighted by molar-refractivity contribution is -0.140. The number of aromatic nitrogens is 1. The molecular formula is C22H28N2O5. The first-order chi connectivity index (χ1) is 13.8. The van der Waals surface area contributed by atoms with Gasteiger partial charge in [0.2, 0.25) is 5.91 Å². The molecule has 0 aromatic carbocycles. The first-order valence-corrected chi connectivity index (χ1v) is 9.89. The van der Waals surface area contributed by atoms with Gasteiger partial charge >= 0.3 is 5.97 Å². The van der Waals surface area contributed by atoms with Gasteiger partial charge in [-0.3, -0.25) is 9.59 Å². The first-order valence-electron chi connectivity index (χ1n) is 9.89. The third-order valence-corrected chi connectivity index (χ3v) is 6.05. The minimum atomic E-state index is -0.682. The Balaban J connectivity index is 1.95. The molecule has 1 fully saturated rings. The maximum atomic E-state index is 13.5. The molecule has 0 bridgehead atoms. The monoisotopic (exact) mass is 400 g/mol. The van der Waals surface area contributed by atoms with Crippen LogP contribution in [0.2, 0.25) is 0 Å². The van der Waals surface area contributed by atoms with E-state index < -0.39 is 12.0 Å². The minimum absolute atomic E-state index is 0.0204. The molecule has 0 saturated heterocycles. The van der Waals surface area contributed by atoms with Gasteiger partial charge in [-0.2, -0.15) is 0 Å². The van der Waals surface area contributed by atoms with Crippen LogP contribution in [0.5, 0.6) is 0 Å². The van der Waals surface area contributed by atoms with Crippen LogP contribution in [0.15, 0.2) is 22.8 Å². The number of rotatable bonds is 7. The molecule has 1 aliphatic carbocycles. The lowest BCUT2D eigenvalue weighted by Gasteiger charge is -2.34. The molecule has 2 aromatic rings. The summed E-state index contributed by atoms with van der Waals surface area (Å²) in [7, 11) is 3.05. The second kappa shape index (κ2) is 8.27. The molecular weight excluding hydrogens is 372 g/mol. The Morgan fingerprint density at radius 1 is 1.31 bits per heavy atom. The third-order valence-electron chi connectivity index (χ3n) is 6.05. The average molecular weight is 400 g/mol. The van der Waals surface area contributed by atoms with Crippen molar-refractivity contribution in [3.63, 3.8) is 0 Å². The molecule has 0 aliphatic heterocycles. The van der Waals surface area contributed by atoms with Gasteiger partial charge in [0.1, 0.15) is 11.5 Å². The summed E-state index contributed by atoms with van der Waals surface area (Å²) in [5, 5.41) is 0. The van der Waals surface area contributed by atoms with Gasteiger partial charge < -0.3 is 18.6 Å². The van der Waals surface area contributed by atoms with Crippen molar-refractivity contribution in [1.82, 2.24) is 9.47 Å². The number of ketones is 1. The van der Waals surface area contributed by atoms with Gasteiger partial charge in [0.25, 0.3) is 0 Å². The van der Waals surface area contributed by atoms with E-state index in [1.54, 1.807) is 55.7 Å². The minimum Gasteiger partial charge on any atom is -0.467 e. The molecule has 1 saturated carbocycles. The Morgan fingerprint density at radius 3 is 2.52 bits per heavy atom. The zero-order valence-electron chi connectivity index (χ0n) is 17.7. The molecule has 2 aromatic heterocycles. The highest BCUT2D eigenvalue weighted by atomic mass is 16.5. The number of esters is 1. The Bertz CT molecular complexity index is 922. The van der Waals surface area contributed by atoms with Crippen LogP contribution < -0.4 is 0 Å². The average Bonchev–Trinajstić information content (AvgIpc) is 3.23. The summed E-state index contributed by atoms with van der Waals surface area (Å²) < 4.78 is 12.0. The highest BCUT2D eigenvalue weighted by Crippen LogP contribution is 2.31. The molecule has 7 heteroatoms. The van der Waals surface area contributed by atoms with Crippen LogP contribution >= 0.6 is 0 Å².